The summed E-state index contributed by atoms with van der Waals surface area (Å²) in [7, 11) is 0. The number of hydroxylamine groups is 2. The molecule has 4 amide bonds. The number of carbonyl (C=O) groups is 5. The van der Waals surface area contributed by atoms with E-state index in [0.717, 1.165) is 0 Å². The van der Waals surface area contributed by atoms with E-state index in [2.05, 4.69) is 27.2 Å². The second-order valence-electron chi connectivity index (χ2n) is 6.97. The Bertz CT molecular complexity index is 651. The van der Waals surface area contributed by atoms with Crippen LogP contribution in [0.5, 0.6) is 0 Å². The summed E-state index contributed by atoms with van der Waals surface area (Å²) in [5, 5.41) is 5.33. The van der Waals surface area contributed by atoms with Gasteiger partial charge in [0.2, 0.25) is 11.8 Å². The fourth-order valence-corrected chi connectivity index (χ4v) is 2.46. The summed E-state index contributed by atoms with van der Waals surface area (Å²) in [6.45, 7) is 8.06. The largest absolute Gasteiger partial charge is 0.379 e. The quantitative estimate of drug-likeness (QED) is 0.186. The average Bonchev–Trinajstić information content (AvgIpc) is 3.04. The Morgan fingerprint density at radius 3 is 2.26 bits per heavy atom. The zero-order valence-corrected chi connectivity index (χ0v) is 17.9. The Kier molecular flexibility index (Phi) is 12.0. The summed E-state index contributed by atoms with van der Waals surface area (Å²) < 4.78 is 10.5. The molecule has 0 spiro atoms. The molecule has 0 unspecified atom stereocenters. The Morgan fingerprint density at radius 2 is 1.68 bits per heavy atom. The van der Waals surface area contributed by atoms with E-state index in [1.165, 1.54) is 0 Å². The van der Waals surface area contributed by atoms with Crippen LogP contribution in [0.2, 0.25) is 0 Å². The van der Waals surface area contributed by atoms with Crippen LogP contribution < -0.4 is 10.6 Å². The number of hydrogen-bond acceptors (Lipinski definition) is 9. The van der Waals surface area contributed by atoms with E-state index in [0.29, 0.717) is 31.4 Å². The third-order valence-electron chi connectivity index (χ3n) is 4.11. The monoisotopic (exact) mass is 442 g/mol. The normalized spacial score (nSPS) is 14.5. The van der Waals surface area contributed by atoms with Crippen LogP contribution in [-0.2, 0) is 38.3 Å². The van der Waals surface area contributed by atoms with E-state index in [-0.39, 0.29) is 37.7 Å². The summed E-state index contributed by atoms with van der Waals surface area (Å²) in [4.78, 5) is 67.4. The van der Waals surface area contributed by atoms with Crippen molar-refractivity contribution in [3.05, 3.63) is 0 Å². The third-order valence-corrected chi connectivity index (χ3v) is 4.11. The van der Waals surface area contributed by atoms with E-state index < -0.39 is 36.3 Å². The van der Waals surface area contributed by atoms with Gasteiger partial charge in [-0.15, -0.1) is 5.06 Å². The molecule has 0 aliphatic carbocycles. The van der Waals surface area contributed by atoms with Gasteiger partial charge in [0.1, 0.15) is 12.6 Å². The molecule has 1 aliphatic heterocycles. The summed E-state index contributed by atoms with van der Waals surface area (Å²) in [6, 6.07) is -0.884. The average molecular weight is 442 g/mol. The molecule has 0 radical (unpaired) electrons. The molecule has 1 heterocycles. The van der Waals surface area contributed by atoms with E-state index in [9.17, 15) is 24.0 Å². The van der Waals surface area contributed by atoms with Crippen LogP contribution in [0.25, 0.3) is 0 Å². The zero-order valence-electron chi connectivity index (χ0n) is 17.9. The van der Waals surface area contributed by atoms with Crippen LogP contribution >= 0.6 is 0 Å². The highest BCUT2D eigenvalue weighted by molar-refractivity contribution is 6.01. The first-order valence-corrected chi connectivity index (χ1v) is 9.97. The molecular formula is C19H30N4O8. The maximum absolute atomic E-state index is 12.4. The highest BCUT2D eigenvalue weighted by Crippen LogP contribution is 2.11. The molecule has 1 atom stereocenters. The van der Waals surface area contributed by atoms with Gasteiger partial charge in [0.05, 0.1) is 33.0 Å². The van der Waals surface area contributed by atoms with Crippen molar-refractivity contribution in [1.29, 1.82) is 0 Å². The minimum atomic E-state index is -0.967. The van der Waals surface area contributed by atoms with Crippen LogP contribution in [0.3, 0.4) is 0 Å². The van der Waals surface area contributed by atoms with Gasteiger partial charge in [-0.25, -0.2) is 4.79 Å². The summed E-state index contributed by atoms with van der Waals surface area (Å²) in [6.07, 6.45) is -0.00114. The number of carbonyl (C=O) groups excluding carboxylic acids is 5. The topological polar surface area (TPSA) is 153 Å². The van der Waals surface area contributed by atoms with Crippen LogP contribution in [-0.4, -0.2) is 86.9 Å². The fourth-order valence-electron chi connectivity index (χ4n) is 2.46. The van der Waals surface area contributed by atoms with Gasteiger partial charge in [0.15, 0.2) is 0 Å². The second kappa shape index (κ2) is 14.2. The summed E-state index contributed by atoms with van der Waals surface area (Å²) >= 11 is 0. The van der Waals surface area contributed by atoms with E-state index >= 15 is 0 Å². The van der Waals surface area contributed by atoms with Gasteiger partial charge < -0.3 is 24.9 Å². The predicted octanol–water partition coefficient (Wildman–Crippen LogP) is -1.03. The number of nitrogens with zero attached hydrogens (tertiary/aromatic N) is 2. The predicted molar refractivity (Wildman–Crippen MR) is 108 cm³/mol. The molecule has 12 nitrogen and oxygen atoms in total. The number of hydrogen-bond donors (Lipinski definition) is 2. The molecule has 31 heavy (non-hydrogen) atoms. The Labute approximate surface area is 180 Å². The first-order valence-electron chi connectivity index (χ1n) is 9.97. The van der Waals surface area contributed by atoms with Crippen molar-refractivity contribution >= 4 is 36.3 Å². The molecule has 0 aromatic heterocycles. The van der Waals surface area contributed by atoms with Crippen LogP contribution in [0.1, 0.15) is 33.1 Å². The van der Waals surface area contributed by atoms with E-state index in [1.807, 2.05) is 0 Å². The van der Waals surface area contributed by atoms with E-state index in [1.54, 1.807) is 13.8 Å². The fraction of sp³-hybridized carbons (Fsp3) is 0.684. The molecule has 12 heteroatoms. The van der Waals surface area contributed by atoms with Crippen LogP contribution in [0, 0.1) is 5.92 Å². The molecular weight excluding hydrogens is 412 g/mol. The van der Waals surface area contributed by atoms with Crippen LogP contribution in [0.4, 0.5) is 0 Å². The third kappa shape index (κ3) is 10.1. The summed E-state index contributed by atoms with van der Waals surface area (Å²) in [5.74, 6) is -3.43. The van der Waals surface area contributed by atoms with Crippen molar-refractivity contribution in [1.82, 2.24) is 15.7 Å². The molecule has 0 aromatic rings. The Morgan fingerprint density at radius 1 is 1.06 bits per heavy atom. The molecule has 1 saturated heterocycles. The maximum atomic E-state index is 12.4. The first kappa shape index (κ1) is 26.2. The summed E-state index contributed by atoms with van der Waals surface area (Å²) in [5.41, 5.74) is 0. The Balaban J connectivity index is 2.31. The van der Waals surface area contributed by atoms with Gasteiger partial charge >= 0.3 is 5.97 Å². The van der Waals surface area contributed by atoms with Gasteiger partial charge in [0, 0.05) is 19.3 Å². The lowest BCUT2D eigenvalue weighted by atomic mass is 10.0. The van der Waals surface area contributed by atoms with Crippen molar-refractivity contribution in [3.63, 3.8) is 0 Å². The number of rotatable bonds is 15. The lowest BCUT2D eigenvalue weighted by molar-refractivity contribution is -0.196. The first-order chi connectivity index (χ1) is 14.8. The molecule has 0 aromatic carbocycles. The van der Waals surface area contributed by atoms with Crippen LogP contribution in [0.15, 0.2) is 4.99 Å². The zero-order chi connectivity index (χ0) is 23.2. The maximum Gasteiger partial charge on any atom is 0.352 e. The lowest BCUT2D eigenvalue weighted by Crippen LogP contribution is -2.51. The molecule has 1 rings (SSSR count). The Hall–Kier alpha value is -2.86. The molecule has 0 saturated carbocycles. The lowest BCUT2D eigenvalue weighted by Gasteiger charge is -2.21. The number of amides is 4. The minimum Gasteiger partial charge on any atom is -0.379 e. The van der Waals surface area contributed by atoms with Crippen molar-refractivity contribution in [3.8, 4) is 0 Å². The van der Waals surface area contributed by atoms with Gasteiger partial charge in [-0.2, -0.15) is 0 Å². The van der Waals surface area contributed by atoms with Gasteiger partial charge in [-0.3, -0.25) is 24.2 Å². The van der Waals surface area contributed by atoms with Crippen molar-refractivity contribution in [2.45, 2.75) is 39.2 Å². The minimum absolute atomic E-state index is 0.0243. The smallest absolute Gasteiger partial charge is 0.352 e. The van der Waals surface area contributed by atoms with Gasteiger partial charge in [0.25, 0.3) is 11.8 Å². The molecule has 1 aliphatic rings. The second-order valence-corrected chi connectivity index (χ2v) is 6.97. The SMILES string of the molecule is C=NCCOCCOCCC(=O)N[C@H](C(=O)NCC(=O)ON1C(=O)CCC1=O)C(C)C. The standard InChI is InChI=1S/C19H30N4O8/c1-13(2)18(22-14(24)6-8-29-10-11-30-9-7-20-3)19(28)21-12-17(27)31-23-15(25)4-5-16(23)26/h13,18H,3-12H2,1-2H3,(H,21,28)(H,22,24)/t18-/m0/s1. The highest BCUT2D eigenvalue weighted by Gasteiger charge is 2.33. The van der Waals surface area contributed by atoms with Crippen molar-refractivity contribution in [2.24, 2.45) is 10.9 Å². The molecule has 0 bridgehead atoms. The number of nitrogens with one attached hydrogen (secondary N) is 2. The number of aliphatic imine (C=N–C) groups is 1. The van der Waals surface area contributed by atoms with Crippen molar-refractivity contribution in [2.75, 3.05) is 39.5 Å². The molecule has 2 N–H and O–H groups in total. The number of imide groups is 1. The van der Waals surface area contributed by atoms with Crippen molar-refractivity contribution < 1.29 is 38.3 Å². The molecule has 174 valence electrons. The molecule has 1 fully saturated rings. The van der Waals surface area contributed by atoms with E-state index in [4.69, 9.17) is 9.47 Å². The highest BCUT2D eigenvalue weighted by atomic mass is 16.7. The van der Waals surface area contributed by atoms with Gasteiger partial charge in [-0.05, 0) is 12.6 Å². The van der Waals surface area contributed by atoms with Gasteiger partial charge in [-0.1, -0.05) is 13.8 Å². The number of ether oxygens (including phenoxy) is 2.